The molecule has 0 aliphatic carbocycles. The van der Waals surface area contributed by atoms with Crippen molar-refractivity contribution in [1.29, 1.82) is 0 Å². The summed E-state index contributed by atoms with van der Waals surface area (Å²) in [5, 5.41) is 2.97. The molecule has 114 heavy (non-hydrogen) atoms. The molecule has 0 spiro atoms. The molecule has 0 aliphatic rings. The van der Waals surface area contributed by atoms with Gasteiger partial charge in [-0.1, -0.05) is 243 Å². The van der Waals surface area contributed by atoms with E-state index in [-0.39, 0.29) is 11.3 Å². The minimum atomic E-state index is -4.79. The average Bonchev–Trinajstić information content (AvgIpc) is 1.56. The summed E-state index contributed by atoms with van der Waals surface area (Å²) >= 11 is 0. The maximum atomic E-state index is 16.0. The minimum absolute atomic E-state index is 0.185. The highest BCUT2D eigenvalue weighted by molar-refractivity contribution is 6.14. The second kappa shape index (κ2) is 28.5. The predicted molar refractivity (Wildman–Crippen MR) is 442 cm³/mol. The zero-order valence-electron chi connectivity index (χ0n) is 60.3. The molecule has 20 rings (SSSR count). The van der Waals surface area contributed by atoms with E-state index in [0.717, 1.165) is 72.1 Å². The Kier molecular flexibility index (Phi) is 16.9. The zero-order valence-corrected chi connectivity index (χ0v) is 60.3. The van der Waals surface area contributed by atoms with Crippen molar-refractivity contribution < 1.29 is 13.2 Å². The van der Waals surface area contributed by atoms with Gasteiger partial charge < -0.3 is 9.13 Å². The zero-order chi connectivity index (χ0) is 76.2. The van der Waals surface area contributed by atoms with Crippen molar-refractivity contribution in [2.24, 2.45) is 0 Å². The van der Waals surface area contributed by atoms with E-state index in [9.17, 15) is 0 Å². The number of benzene rings is 13. The van der Waals surface area contributed by atoms with E-state index < -0.39 is 11.7 Å². The predicted octanol–water partition coefficient (Wildman–Crippen LogP) is 22.7. The molecule has 15 nitrogen and oxygen atoms in total. The SMILES string of the molecule is FC(F)(F)c1ccc(-n2c3ccc(-c4nc(-c5ccccc5)nc(-c5ccccc5)n4)cc3c3cc(-c4nc(-c5ccccc5)nc(-c5ccccc5)n4)ccc32)c(-c2ncccc2-n2c3ccc(-c4nc(-c5ccccc5)nc(-c5ccccc5)n4)cc3c3cc(-c4nc(-c5ccccc5)nc(-c5ccccc5)n4)ccc32)c1. The van der Waals surface area contributed by atoms with Gasteiger partial charge in [0.25, 0.3) is 0 Å². The summed E-state index contributed by atoms with van der Waals surface area (Å²) in [6, 6.07) is 110. The molecule has 18 heteroatoms. The summed E-state index contributed by atoms with van der Waals surface area (Å²) in [5.41, 5.74) is 12.2. The summed E-state index contributed by atoms with van der Waals surface area (Å²) in [6.45, 7) is 0. The minimum Gasteiger partial charge on any atom is -0.309 e. The van der Waals surface area contributed by atoms with Gasteiger partial charge in [0.2, 0.25) is 0 Å². The maximum absolute atomic E-state index is 16.0. The van der Waals surface area contributed by atoms with Crippen LogP contribution in [0.25, 0.3) is 203 Å². The third-order valence-corrected chi connectivity index (χ3v) is 20.2. The first-order valence-electron chi connectivity index (χ1n) is 36.9. The van der Waals surface area contributed by atoms with Crippen LogP contribution in [0, 0.1) is 0 Å². The Morgan fingerprint density at radius 1 is 0.202 bits per heavy atom. The molecule has 0 atom stereocenters. The topological polar surface area (TPSA) is 177 Å². The van der Waals surface area contributed by atoms with Crippen LogP contribution in [0.15, 0.2) is 352 Å². The third kappa shape index (κ3) is 12.8. The number of hydrogen-bond acceptors (Lipinski definition) is 13. The van der Waals surface area contributed by atoms with E-state index in [4.69, 9.17) is 64.8 Å². The van der Waals surface area contributed by atoms with Crippen molar-refractivity contribution in [1.82, 2.24) is 73.9 Å². The van der Waals surface area contributed by atoms with Gasteiger partial charge in [-0.2, -0.15) is 13.2 Å². The molecule has 538 valence electrons. The highest BCUT2D eigenvalue weighted by Crippen LogP contribution is 2.46. The third-order valence-electron chi connectivity index (χ3n) is 20.2. The van der Waals surface area contributed by atoms with Gasteiger partial charge in [-0.3, -0.25) is 4.98 Å². The first kappa shape index (κ1) is 67.8. The fraction of sp³-hybridized carbons (Fsp3) is 0.0104. The van der Waals surface area contributed by atoms with Crippen LogP contribution < -0.4 is 0 Å². The van der Waals surface area contributed by atoms with Crippen molar-refractivity contribution in [3.63, 3.8) is 0 Å². The van der Waals surface area contributed by atoms with Crippen molar-refractivity contribution in [2.45, 2.75) is 6.18 Å². The van der Waals surface area contributed by atoms with E-state index in [2.05, 4.69) is 16.7 Å². The van der Waals surface area contributed by atoms with Gasteiger partial charge in [0, 0.05) is 100 Å². The van der Waals surface area contributed by atoms with E-state index in [1.165, 1.54) is 6.07 Å². The normalized spacial score (nSPS) is 11.6. The molecule has 0 saturated carbocycles. The lowest BCUT2D eigenvalue weighted by Crippen LogP contribution is -2.08. The van der Waals surface area contributed by atoms with Crippen molar-refractivity contribution in [2.75, 3.05) is 0 Å². The maximum Gasteiger partial charge on any atom is 0.416 e. The summed E-state index contributed by atoms with van der Waals surface area (Å²) in [5.74, 6) is 5.49. The smallest absolute Gasteiger partial charge is 0.309 e. The number of alkyl halides is 3. The number of rotatable bonds is 15. The van der Waals surface area contributed by atoms with E-state index in [0.29, 0.717) is 126 Å². The van der Waals surface area contributed by atoms with Crippen LogP contribution in [0.5, 0.6) is 0 Å². The Bertz CT molecular complexity index is 6460. The van der Waals surface area contributed by atoms with Crippen LogP contribution in [-0.4, -0.2) is 73.9 Å². The Morgan fingerprint density at radius 2 is 0.430 bits per heavy atom. The molecule has 13 aromatic carbocycles. The largest absolute Gasteiger partial charge is 0.416 e. The average molecular weight is 1480 g/mol. The van der Waals surface area contributed by atoms with E-state index in [1.807, 2.05) is 314 Å². The quantitative estimate of drug-likeness (QED) is 0.0948. The Hall–Kier alpha value is -15.6. The molecular weight excluding hydrogens is 1420 g/mol. The Morgan fingerprint density at radius 3 is 0.667 bits per heavy atom. The Balaban J connectivity index is 0.822. The highest BCUT2D eigenvalue weighted by Gasteiger charge is 2.33. The van der Waals surface area contributed by atoms with Crippen molar-refractivity contribution in [3.05, 3.63) is 358 Å². The molecule has 0 aliphatic heterocycles. The van der Waals surface area contributed by atoms with Crippen LogP contribution in [0.4, 0.5) is 13.2 Å². The van der Waals surface area contributed by atoms with Crippen molar-refractivity contribution >= 4 is 43.6 Å². The number of nitrogens with zero attached hydrogens (tertiary/aromatic N) is 15. The highest BCUT2D eigenvalue weighted by atomic mass is 19.4. The molecule has 0 saturated heterocycles. The first-order chi connectivity index (χ1) is 56.1. The Labute approximate surface area is 650 Å². The van der Waals surface area contributed by atoms with Gasteiger partial charge >= 0.3 is 6.18 Å². The summed E-state index contributed by atoms with van der Waals surface area (Å²) < 4.78 is 52.0. The number of fused-ring (bicyclic) bond motifs is 6. The van der Waals surface area contributed by atoms with Gasteiger partial charge in [0.15, 0.2) is 69.9 Å². The molecule has 0 amide bonds. The molecule has 0 unspecified atom stereocenters. The molecule has 0 radical (unpaired) electrons. The summed E-state index contributed by atoms with van der Waals surface area (Å²) in [7, 11) is 0. The van der Waals surface area contributed by atoms with Crippen LogP contribution in [0.3, 0.4) is 0 Å². The van der Waals surface area contributed by atoms with Crippen LogP contribution in [-0.2, 0) is 6.18 Å². The number of hydrogen-bond donors (Lipinski definition) is 0. The van der Waals surface area contributed by atoms with Crippen LogP contribution in [0.1, 0.15) is 5.56 Å². The van der Waals surface area contributed by atoms with Gasteiger partial charge in [-0.25, -0.2) is 59.8 Å². The molecule has 7 heterocycles. The lowest BCUT2D eigenvalue weighted by Gasteiger charge is -2.19. The standard InChI is InChI=1S/C96H58F3N15/c97-96(98,99)71-47-52-81(113-77-48-43-67(92-105-84(59-26-9-1-10-27-59)101-85(106-92)60-28-11-2-12-29-60)54-72(77)73-55-68(44-49-78(73)113)93-107-86(61-30-13-3-14-31-61)102-87(108-93)62-32-15-4-16-33-62)76(58-71)83-82(42-25-53-100-83)114-79-50-45-69(94-109-88(63-34-17-5-18-35-63)103-89(110-94)64-36-19-6-20-37-64)56-74(79)75-57-70(46-51-80(75)114)95-111-90(65-38-21-7-22-39-65)104-91(112-95)66-40-23-8-24-41-66/h1-58H. The summed E-state index contributed by atoms with van der Waals surface area (Å²) in [6.07, 6.45) is -3.17. The number of pyridine rings is 1. The monoisotopic (exact) mass is 1480 g/mol. The van der Waals surface area contributed by atoms with Crippen LogP contribution in [0.2, 0.25) is 0 Å². The fourth-order valence-corrected chi connectivity index (χ4v) is 14.8. The van der Waals surface area contributed by atoms with Gasteiger partial charge in [0.1, 0.15) is 0 Å². The van der Waals surface area contributed by atoms with E-state index in [1.54, 1.807) is 18.3 Å². The molecular formula is C96H58F3N15. The van der Waals surface area contributed by atoms with Gasteiger partial charge in [-0.15, -0.1) is 0 Å². The van der Waals surface area contributed by atoms with Crippen LogP contribution >= 0.6 is 0 Å². The lowest BCUT2D eigenvalue weighted by atomic mass is 10.0. The second-order valence-corrected chi connectivity index (χ2v) is 27.4. The molecule has 7 aromatic heterocycles. The number of halogens is 3. The second-order valence-electron chi connectivity index (χ2n) is 27.4. The van der Waals surface area contributed by atoms with Gasteiger partial charge in [0.05, 0.1) is 44.7 Å². The first-order valence-corrected chi connectivity index (χ1v) is 36.9. The molecule has 0 N–H and O–H groups in total. The number of aromatic nitrogens is 15. The fourth-order valence-electron chi connectivity index (χ4n) is 14.8. The van der Waals surface area contributed by atoms with Crippen molar-refractivity contribution in [3.8, 4) is 159 Å². The lowest BCUT2D eigenvalue weighted by molar-refractivity contribution is -0.137. The van der Waals surface area contributed by atoms with Gasteiger partial charge in [-0.05, 0) is 103 Å². The molecule has 20 aromatic rings. The summed E-state index contributed by atoms with van der Waals surface area (Å²) in [4.78, 5) is 66.6. The molecule has 0 fully saturated rings. The van der Waals surface area contributed by atoms with E-state index >= 15 is 13.2 Å². The molecule has 0 bridgehead atoms.